The molecule has 1 fully saturated rings. The zero-order valence-corrected chi connectivity index (χ0v) is 14.8. The van der Waals surface area contributed by atoms with Crippen LogP contribution in [0.5, 0.6) is 0 Å². The molecule has 2 rings (SSSR count). The number of nitrogens with one attached hydrogen (secondary N) is 1. The van der Waals surface area contributed by atoms with Crippen molar-refractivity contribution in [3.63, 3.8) is 0 Å². The smallest absolute Gasteiger partial charge is 0.243 e. The lowest BCUT2D eigenvalue weighted by atomic mass is 9.90. The van der Waals surface area contributed by atoms with E-state index in [4.69, 9.17) is 4.74 Å². The lowest BCUT2D eigenvalue weighted by molar-refractivity contribution is -0.127. The van der Waals surface area contributed by atoms with Gasteiger partial charge in [-0.15, -0.1) is 0 Å². The van der Waals surface area contributed by atoms with Gasteiger partial charge in [0, 0.05) is 27.2 Å². The summed E-state index contributed by atoms with van der Waals surface area (Å²) in [6.45, 7) is 0.412. The minimum absolute atomic E-state index is 0.0932. The third-order valence-corrected chi connectivity index (χ3v) is 6.12. The topological polar surface area (TPSA) is 95.9 Å². The average Bonchev–Trinajstić information content (AvgIpc) is 2.55. The first-order valence-electron chi connectivity index (χ1n) is 7.82. The van der Waals surface area contributed by atoms with Crippen molar-refractivity contribution in [2.45, 2.75) is 36.4 Å². The Bertz CT molecular complexity index is 691. The SMILES string of the molecule is CNC(=O)CC1(O)CCCN(S(=O)(=O)c2ccccc2COC)C1. The Morgan fingerprint density at radius 3 is 2.79 bits per heavy atom. The molecule has 0 bridgehead atoms. The second-order valence-electron chi connectivity index (χ2n) is 6.06. The highest BCUT2D eigenvalue weighted by Crippen LogP contribution is 2.30. The van der Waals surface area contributed by atoms with E-state index in [1.165, 1.54) is 24.5 Å². The number of aliphatic hydroxyl groups is 1. The van der Waals surface area contributed by atoms with Crippen LogP contribution in [0.15, 0.2) is 29.2 Å². The van der Waals surface area contributed by atoms with Gasteiger partial charge >= 0.3 is 0 Å². The van der Waals surface area contributed by atoms with E-state index in [0.717, 1.165) is 0 Å². The molecule has 1 atom stereocenters. The van der Waals surface area contributed by atoms with Gasteiger partial charge in [-0.1, -0.05) is 18.2 Å². The maximum Gasteiger partial charge on any atom is 0.243 e. The summed E-state index contributed by atoms with van der Waals surface area (Å²) in [5.41, 5.74) is -0.776. The highest BCUT2D eigenvalue weighted by Gasteiger charge is 2.40. The molecule has 1 heterocycles. The molecule has 2 N–H and O–H groups in total. The average molecular weight is 356 g/mol. The Labute approximate surface area is 142 Å². The number of ether oxygens (including phenoxy) is 1. The number of methoxy groups -OCH3 is 1. The predicted octanol–water partition coefficient (Wildman–Crippen LogP) is 0.485. The Hall–Kier alpha value is -1.48. The van der Waals surface area contributed by atoms with Crippen molar-refractivity contribution in [3.05, 3.63) is 29.8 Å². The van der Waals surface area contributed by atoms with E-state index >= 15 is 0 Å². The molecular formula is C16H24N2O5S. The number of nitrogens with zero attached hydrogens (tertiary/aromatic N) is 1. The minimum atomic E-state index is -3.77. The summed E-state index contributed by atoms with van der Waals surface area (Å²) in [7, 11) is -0.770. The minimum Gasteiger partial charge on any atom is -0.388 e. The van der Waals surface area contributed by atoms with Gasteiger partial charge in [0.15, 0.2) is 0 Å². The van der Waals surface area contributed by atoms with Crippen molar-refractivity contribution in [2.24, 2.45) is 0 Å². The molecule has 1 unspecified atom stereocenters. The van der Waals surface area contributed by atoms with E-state index in [1.54, 1.807) is 18.2 Å². The van der Waals surface area contributed by atoms with Crippen LogP contribution in [0.1, 0.15) is 24.8 Å². The van der Waals surface area contributed by atoms with Crippen LogP contribution in [0, 0.1) is 0 Å². The maximum absolute atomic E-state index is 13.0. The molecule has 0 aliphatic carbocycles. The highest BCUT2D eigenvalue weighted by molar-refractivity contribution is 7.89. The molecule has 0 spiro atoms. The van der Waals surface area contributed by atoms with Gasteiger partial charge in [0.2, 0.25) is 15.9 Å². The first kappa shape index (κ1) is 18.9. The number of hydrogen-bond donors (Lipinski definition) is 2. The first-order chi connectivity index (χ1) is 11.3. The second-order valence-corrected chi connectivity index (χ2v) is 7.96. The summed E-state index contributed by atoms with van der Waals surface area (Å²) in [5, 5.41) is 13.1. The Morgan fingerprint density at radius 2 is 2.12 bits per heavy atom. The summed E-state index contributed by atoms with van der Waals surface area (Å²) in [4.78, 5) is 11.8. The lowest BCUT2D eigenvalue weighted by Gasteiger charge is -2.38. The number of rotatable bonds is 6. The number of amides is 1. The molecule has 0 radical (unpaired) electrons. The molecule has 0 saturated carbocycles. The monoisotopic (exact) mass is 356 g/mol. The normalized spacial score (nSPS) is 22.3. The number of carbonyl (C=O) groups excluding carboxylic acids is 1. The van der Waals surface area contributed by atoms with E-state index in [9.17, 15) is 18.3 Å². The molecule has 1 aromatic carbocycles. The molecule has 0 aromatic heterocycles. The van der Waals surface area contributed by atoms with Gasteiger partial charge < -0.3 is 15.2 Å². The largest absolute Gasteiger partial charge is 0.388 e. The number of piperidine rings is 1. The van der Waals surface area contributed by atoms with Gasteiger partial charge in [0.05, 0.1) is 23.5 Å². The van der Waals surface area contributed by atoms with E-state index in [2.05, 4.69) is 5.32 Å². The Morgan fingerprint density at radius 1 is 1.42 bits per heavy atom. The highest BCUT2D eigenvalue weighted by atomic mass is 32.2. The summed E-state index contributed by atoms with van der Waals surface area (Å²) in [5.74, 6) is -0.309. The van der Waals surface area contributed by atoms with Crippen LogP contribution in [-0.2, 0) is 26.2 Å². The molecular weight excluding hydrogens is 332 g/mol. The molecule has 8 heteroatoms. The fraction of sp³-hybridized carbons (Fsp3) is 0.562. The van der Waals surface area contributed by atoms with Crippen LogP contribution in [0.4, 0.5) is 0 Å². The standard InChI is InChI=1S/C16H24N2O5S/c1-17-15(19)10-16(20)8-5-9-18(12-16)24(21,22)14-7-4-3-6-13(14)11-23-2/h3-4,6-7,20H,5,8-12H2,1-2H3,(H,17,19). The third kappa shape index (κ3) is 4.13. The Balaban J connectivity index is 2.28. The zero-order valence-electron chi connectivity index (χ0n) is 14.0. The number of β-amino-alcohol motifs (C(OH)–C–C–N with tert-alkyl or cyclic N) is 1. The molecule has 1 aliphatic heterocycles. The van der Waals surface area contributed by atoms with Crippen molar-refractivity contribution < 1.29 is 23.1 Å². The van der Waals surface area contributed by atoms with Crippen molar-refractivity contribution in [1.82, 2.24) is 9.62 Å². The fourth-order valence-electron chi connectivity index (χ4n) is 2.98. The summed E-state index contributed by atoms with van der Waals surface area (Å²) >= 11 is 0. The van der Waals surface area contributed by atoms with Crippen LogP contribution in [0.2, 0.25) is 0 Å². The molecule has 1 aliphatic rings. The van der Waals surface area contributed by atoms with Gasteiger partial charge in [0.1, 0.15) is 0 Å². The van der Waals surface area contributed by atoms with Crippen LogP contribution in [0.3, 0.4) is 0 Å². The number of hydrogen-bond acceptors (Lipinski definition) is 5. The van der Waals surface area contributed by atoms with E-state index in [-0.39, 0.29) is 30.4 Å². The van der Waals surface area contributed by atoms with Crippen molar-refractivity contribution in [2.75, 3.05) is 27.2 Å². The number of benzene rings is 1. The van der Waals surface area contributed by atoms with Crippen LogP contribution < -0.4 is 5.32 Å². The van der Waals surface area contributed by atoms with E-state index < -0.39 is 15.6 Å². The molecule has 7 nitrogen and oxygen atoms in total. The predicted molar refractivity (Wildman–Crippen MR) is 88.8 cm³/mol. The van der Waals surface area contributed by atoms with Crippen molar-refractivity contribution >= 4 is 15.9 Å². The Kier molecular flexibility index (Phi) is 5.97. The van der Waals surface area contributed by atoms with Crippen molar-refractivity contribution in [1.29, 1.82) is 0 Å². The second kappa shape index (κ2) is 7.60. The third-order valence-electron chi connectivity index (χ3n) is 4.18. The molecule has 1 aromatic rings. The maximum atomic E-state index is 13.0. The van der Waals surface area contributed by atoms with Crippen LogP contribution in [-0.4, -0.2) is 56.6 Å². The van der Waals surface area contributed by atoms with Crippen LogP contribution in [0.25, 0.3) is 0 Å². The number of sulfonamides is 1. The quantitative estimate of drug-likeness (QED) is 0.773. The van der Waals surface area contributed by atoms with Gasteiger partial charge in [-0.3, -0.25) is 4.79 Å². The first-order valence-corrected chi connectivity index (χ1v) is 9.26. The molecule has 24 heavy (non-hydrogen) atoms. The summed E-state index contributed by atoms with van der Waals surface area (Å²) in [6, 6.07) is 6.66. The van der Waals surface area contributed by atoms with Crippen molar-refractivity contribution in [3.8, 4) is 0 Å². The molecule has 134 valence electrons. The summed E-state index contributed by atoms with van der Waals surface area (Å²) < 4.78 is 32.3. The zero-order chi connectivity index (χ0) is 17.8. The van der Waals surface area contributed by atoms with Crippen LogP contribution >= 0.6 is 0 Å². The van der Waals surface area contributed by atoms with Gasteiger partial charge in [-0.25, -0.2) is 8.42 Å². The lowest BCUT2D eigenvalue weighted by Crippen LogP contribution is -2.52. The van der Waals surface area contributed by atoms with E-state index in [0.29, 0.717) is 24.9 Å². The van der Waals surface area contributed by atoms with E-state index in [1.807, 2.05) is 0 Å². The van der Waals surface area contributed by atoms with Gasteiger partial charge in [-0.2, -0.15) is 4.31 Å². The van der Waals surface area contributed by atoms with Gasteiger partial charge in [-0.05, 0) is 24.5 Å². The fourth-order valence-corrected chi connectivity index (χ4v) is 4.74. The van der Waals surface area contributed by atoms with Gasteiger partial charge in [0.25, 0.3) is 0 Å². The molecule has 1 saturated heterocycles. The molecule has 1 amide bonds. The summed E-state index contributed by atoms with van der Waals surface area (Å²) in [6.07, 6.45) is 0.778. The number of carbonyl (C=O) groups is 1.